The Morgan fingerprint density at radius 1 is 1.09 bits per heavy atom. The molecule has 1 aliphatic heterocycles. The standard InChI is InChI=1S/C22H28N2O5S3/c1-22(2,3)24(15-17-7-5-4-6-8-17)19(25)16-29-21(26)20-18(9-12-31-20)32(27,28)23-10-13-30-14-11-23/h4-9,12H,10-11,13-16H2,1-3H3. The van der Waals surface area contributed by atoms with Gasteiger partial charge in [0.1, 0.15) is 9.77 Å². The third kappa shape index (κ3) is 5.92. The molecule has 2 aromatic rings. The molecule has 10 heteroatoms. The highest BCUT2D eigenvalue weighted by Gasteiger charge is 2.33. The first-order chi connectivity index (χ1) is 15.1. The van der Waals surface area contributed by atoms with Crippen LogP contribution in [0.2, 0.25) is 0 Å². The third-order valence-corrected chi connectivity index (χ3v) is 8.93. The molecule has 0 unspecified atom stereocenters. The van der Waals surface area contributed by atoms with Crippen molar-refractivity contribution in [3.05, 3.63) is 52.2 Å². The minimum Gasteiger partial charge on any atom is -0.451 e. The Bertz CT molecular complexity index is 1040. The van der Waals surface area contributed by atoms with E-state index in [1.165, 1.54) is 10.4 Å². The number of carbonyl (C=O) groups is 2. The lowest BCUT2D eigenvalue weighted by atomic mass is 10.0. The van der Waals surface area contributed by atoms with Gasteiger partial charge in [0.15, 0.2) is 6.61 Å². The zero-order valence-electron chi connectivity index (χ0n) is 18.4. The number of hydrogen-bond acceptors (Lipinski definition) is 7. The maximum absolute atomic E-state index is 13.0. The number of sulfonamides is 1. The zero-order valence-corrected chi connectivity index (χ0v) is 20.9. The van der Waals surface area contributed by atoms with Crippen LogP contribution in [0, 0.1) is 0 Å². The van der Waals surface area contributed by atoms with Gasteiger partial charge in [-0.25, -0.2) is 13.2 Å². The first-order valence-electron chi connectivity index (χ1n) is 10.3. The lowest BCUT2D eigenvalue weighted by Gasteiger charge is -2.35. The monoisotopic (exact) mass is 496 g/mol. The van der Waals surface area contributed by atoms with Crippen molar-refractivity contribution < 1.29 is 22.7 Å². The fourth-order valence-electron chi connectivity index (χ4n) is 3.31. The molecule has 0 radical (unpaired) electrons. The second kappa shape index (κ2) is 10.4. The highest BCUT2D eigenvalue weighted by molar-refractivity contribution is 7.99. The smallest absolute Gasteiger partial charge is 0.350 e. The van der Waals surface area contributed by atoms with Crippen LogP contribution >= 0.6 is 23.1 Å². The van der Waals surface area contributed by atoms with Crippen LogP contribution in [0.4, 0.5) is 0 Å². The van der Waals surface area contributed by atoms with Crippen molar-refractivity contribution in [1.29, 1.82) is 0 Å². The number of nitrogens with zero attached hydrogens (tertiary/aromatic N) is 2. The first-order valence-corrected chi connectivity index (χ1v) is 13.7. The van der Waals surface area contributed by atoms with Crippen LogP contribution in [-0.4, -0.2) is 66.2 Å². The van der Waals surface area contributed by atoms with Crippen LogP contribution in [0.5, 0.6) is 0 Å². The largest absolute Gasteiger partial charge is 0.451 e. The molecule has 0 N–H and O–H groups in total. The molecule has 32 heavy (non-hydrogen) atoms. The molecule has 2 heterocycles. The number of hydrogen-bond donors (Lipinski definition) is 0. The average molecular weight is 497 g/mol. The van der Waals surface area contributed by atoms with Crippen molar-refractivity contribution in [3.8, 4) is 0 Å². The molecule has 1 aromatic carbocycles. The van der Waals surface area contributed by atoms with Gasteiger partial charge in [-0.1, -0.05) is 30.3 Å². The van der Waals surface area contributed by atoms with Gasteiger partial charge in [-0.2, -0.15) is 16.1 Å². The summed E-state index contributed by atoms with van der Waals surface area (Å²) in [5.41, 5.74) is 0.483. The normalized spacial score (nSPS) is 15.3. The molecule has 0 aliphatic carbocycles. The Hall–Kier alpha value is -1.88. The average Bonchev–Trinajstić information content (AvgIpc) is 3.27. The van der Waals surface area contributed by atoms with Gasteiger partial charge in [0.05, 0.1) is 0 Å². The number of carbonyl (C=O) groups excluding carboxylic acids is 2. The van der Waals surface area contributed by atoms with E-state index in [-0.39, 0.29) is 15.7 Å². The second-order valence-electron chi connectivity index (χ2n) is 8.34. The van der Waals surface area contributed by atoms with Gasteiger partial charge < -0.3 is 9.64 Å². The number of amides is 1. The summed E-state index contributed by atoms with van der Waals surface area (Å²) < 4.78 is 32.7. The fraction of sp³-hybridized carbons (Fsp3) is 0.455. The fourth-order valence-corrected chi connectivity index (χ4v) is 7.17. The SMILES string of the molecule is CC(C)(C)N(Cc1ccccc1)C(=O)COC(=O)c1sccc1S(=O)(=O)N1CCSCC1. The predicted molar refractivity (Wildman–Crippen MR) is 127 cm³/mol. The number of thiophene rings is 1. The Balaban J connectivity index is 1.70. The van der Waals surface area contributed by atoms with Crippen LogP contribution < -0.4 is 0 Å². The van der Waals surface area contributed by atoms with Gasteiger partial charge >= 0.3 is 5.97 Å². The first kappa shape index (κ1) is 24.8. The van der Waals surface area contributed by atoms with Crippen LogP contribution in [-0.2, 0) is 26.1 Å². The van der Waals surface area contributed by atoms with Crippen LogP contribution in [0.25, 0.3) is 0 Å². The van der Waals surface area contributed by atoms with Crippen LogP contribution in [0.15, 0.2) is 46.7 Å². The predicted octanol–water partition coefficient (Wildman–Crippen LogP) is 3.47. The molecular weight excluding hydrogens is 468 g/mol. The molecule has 0 spiro atoms. The Labute approximate surface area is 197 Å². The van der Waals surface area contributed by atoms with E-state index in [0.717, 1.165) is 28.4 Å². The highest BCUT2D eigenvalue weighted by Crippen LogP contribution is 2.28. The lowest BCUT2D eigenvalue weighted by Crippen LogP contribution is -2.46. The molecule has 1 fully saturated rings. The Kier molecular flexibility index (Phi) is 8.02. The van der Waals surface area contributed by atoms with E-state index in [1.807, 2.05) is 51.1 Å². The summed E-state index contributed by atoms with van der Waals surface area (Å²) in [5.74, 6) is 0.305. The number of benzene rings is 1. The highest BCUT2D eigenvalue weighted by atomic mass is 32.2. The zero-order chi connectivity index (χ0) is 23.4. The van der Waals surface area contributed by atoms with Gasteiger partial charge in [0.25, 0.3) is 5.91 Å². The van der Waals surface area contributed by atoms with Crippen molar-refractivity contribution in [2.24, 2.45) is 0 Å². The maximum Gasteiger partial charge on any atom is 0.350 e. The van der Waals surface area contributed by atoms with Gasteiger partial charge in [-0.15, -0.1) is 11.3 Å². The van der Waals surface area contributed by atoms with E-state index < -0.39 is 28.1 Å². The second-order valence-corrected chi connectivity index (χ2v) is 12.4. The summed E-state index contributed by atoms with van der Waals surface area (Å²) in [6, 6.07) is 11.0. The van der Waals surface area contributed by atoms with E-state index in [4.69, 9.17) is 4.74 Å². The van der Waals surface area contributed by atoms with Crippen molar-refractivity contribution in [3.63, 3.8) is 0 Å². The van der Waals surface area contributed by atoms with Gasteiger partial charge in [-0.3, -0.25) is 4.79 Å². The molecule has 0 atom stereocenters. The molecule has 1 aliphatic rings. The molecule has 1 saturated heterocycles. The molecule has 7 nitrogen and oxygen atoms in total. The molecule has 174 valence electrons. The topological polar surface area (TPSA) is 84.0 Å². The van der Waals surface area contributed by atoms with E-state index in [9.17, 15) is 18.0 Å². The van der Waals surface area contributed by atoms with E-state index in [0.29, 0.717) is 19.6 Å². The minimum absolute atomic E-state index is 0.00129. The van der Waals surface area contributed by atoms with Crippen molar-refractivity contribution >= 4 is 45.0 Å². The summed E-state index contributed by atoms with van der Waals surface area (Å²) in [6.07, 6.45) is 0. The van der Waals surface area contributed by atoms with E-state index >= 15 is 0 Å². The number of ether oxygens (including phenoxy) is 1. The van der Waals surface area contributed by atoms with Crippen molar-refractivity contribution in [2.75, 3.05) is 31.2 Å². The molecule has 1 aromatic heterocycles. The van der Waals surface area contributed by atoms with Gasteiger partial charge in [0, 0.05) is 36.7 Å². The van der Waals surface area contributed by atoms with Crippen LogP contribution in [0.3, 0.4) is 0 Å². The van der Waals surface area contributed by atoms with Gasteiger partial charge in [0.2, 0.25) is 10.0 Å². The van der Waals surface area contributed by atoms with E-state index in [2.05, 4.69) is 0 Å². The summed E-state index contributed by atoms with van der Waals surface area (Å²) in [4.78, 5) is 27.2. The molecule has 3 rings (SSSR count). The summed E-state index contributed by atoms with van der Waals surface area (Å²) in [5, 5.41) is 1.56. The minimum atomic E-state index is -3.78. The molecule has 0 saturated carbocycles. The number of esters is 1. The molecule has 0 bridgehead atoms. The Morgan fingerprint density at radius 3 is 2.38 bits per heavy atom. The van der Waals surface area contributed by atoms with Gasteiger partial charge in [-0.05, 0) is 37.8 Å². The Morgan fingerprint density at radius 2 is 1.75 bits per heavy atom. The summed E-state index contributed by atoms with van der Waals surface area (Å²) in [6.45, 7) is 6.49. The number of thioether (sulfide) groups is 1. The van der Waals surface area contributed by atoms with Crippen molar-refractivity contribution in [2.45, 2.75) is 37.8 Å². The number of rotatable bonds is 7. The lowest BCUT2D eigenvalue weighted by molar-refractivity contribution is -0.140. The van der Waals surface area contributed by atoms with Crippen molar-refractivity contribution in [1.82, 2.24) is 9.21 Å². The summed E-state index contributed by atoms with van der Waals surface area (Å²) >= 11 is 2.71. The maximum atomic E-state index is 13.0. The molecule has 1 amide bonds. The summed E-state index contributed by atoms with van der Waals surface area (Å²) in [7, 11) is -3.78. The quantitative estimate of drug-likeness (QED) is 0.546. The third-order valence-electron chi connectivity index (χ3n) is 5.02. The molecular formula is C22H28N2O5S3. The van der Waals surface area contributed by atoms with Crippen LogP contribution in [0.1, 0.15) is 36.0 Å². The van der Waals surface area contributed by atoms with E-state index in [1.54, 1.807) is 22.0 Å².